The fourth-order valence-corrected chi connectivity index (χ4v) is 6.71. The summed E-state index contributed by atoms with van der Waals surface area (Å²) in [6.45, 7) is 1.22. The third kappa shape index (κ3) is 8.48. The zero-order valence-electron chi connectivity index (χ0n) is 27.4. The van der Waals surface area contributed by atoms with Crippen LogP contribution < -0.4 is 10.1 Å². The molecule has 5 rings (SSSR count). The number of nitrogens with one attached hydrogen (secondary N) is 1. The average Bonchev–Trinajstić information content (AvgIpc) is 3.96. The summed E-state index contributed by atoms with van der Waals surface area (Å²) in [5.41, 5.74) is 1.48. The standard InChI is InChI=1S/C35H31ClF5N3O6S/c1-35(2,23-13-21(20-6-7-20)12-22(14-23)34(46)43-25-10-11-26(49-3)42-15-25)18-50-27(45)17-44(16-19-4-8-24(36)9-5-19)51(47,48)33-31(40)29(38)28(37)30(39)32(33)41/h4-5,8-15,20H,6-7,16-18H2,1-3H3,(H,43,46). The maximum atomic E-state index is 14.7. The zero-order valence-corrected chi connectivity index (χ0v) is 29.0. The molecule has 0 saturated heterocycles. The minimum Gasteiger partial charge on any atom is -0.481 e. The predicted octanol–water partition coefficient (Wildman–Crippen LogP) is 7.28. The van der Waals surface area contributed by atoms with Gasteiger partial charge in [-0.25, -0.2) is 35.4 Å². The summed E-state index contributed by atoms with van der Waals surface area (Å²) in [5.74, 6) is -13.7. The van der Waals surface area contributed by atoms with Gasteiger partial charge >= 0.3 is 5.97 Å². The van der Waals surface area contributed by atoms with Crippen molar-refractivity contribution in [2.75, 3.05) is 25.6 Å². The van der Waals surface area contributed by atoms with Gasteiger partial charge in [0.2, 0.25) is 21.7 Å². The summed E-state index contributed by atoms with van der Waals surface area (Å²) in [6.07, 6.45) is 3.28. The van der Waals surface area contributed by atoms with Crippen molar-refractivity contribution in [1.82, 2.24) is 9.29 Å². The number of ether oxygens (including phenoxy) is 2. The van der Waals surface area contributed by atoms with Crippen molar-refractivity contribution in [2.45, 2.75) is 49.5 Å². The van der Waals surface area contributed by atoms with E-state index in [1.165, 1.54) is 37.6 Å². The molecule has 1 aromatic heterocycles. The van der Waals surface area contributed by atoms with Gasteiger partial charge < -0.3 is 14.8 Å². The number of sulfonamides is 1. The van der Waals surface area contributed by atoms with Crippen LogP contribution in [0.25, 0.3) is 0 Å². The molecule has 9 nitrogen and oxygen atoms in total. The van der Waals surface area contributed by atoms with Crippen LogP contribution in [0.5, 0.6) is 5.88 Å². The van der Waals surface area contributed by atoms with Crippen LogP contribution in [0.2, 0.25) is 5.02 Å². The van der Waals surface area contributed by atoms with Crippen LogP contribution in [0, 0.1) is 29.1 Å². The summed E-state index contributed by atoms with van der Waals surface area (Å²) < 4.78 is 109. The van der Waals surface area contributed by atoms with Gasteiger partial charge in [-0.3, -0.25) is 9.59 Å². The van der Waals surface area contributed by atoms with E-state index in [0.29, 0.717) is 22.7 Å². The quantitative estimate of drug-likeness (QED) is 0.0661. The van der Waals surface area contributed by atoms with E-state index in [4.69, 9.17) is 21.1 Å². The molecule has 1 saturated carbocycles. The molecule has 0 aliphatic heterocycles. The summed E-state index contributed by atoms with van der Waals surface area (Å²) in [5, 5.41) is 3.04. The number of aromatic nitrogens is 1. The Hall–Kier alpha value is -4.60. The van der Waals surface area contributed by atoms with Gasteiger partial charge in [-0.15, -0.1) is 0 Å². The number of anilines is 1. The summed E-state index contributed by atoms with van der Waals surface area (Å²) in [4.78, 5) is 28.4. The first-order chi connectivity index (χ1) is 24.0. The Morgan fingerprint density at radius 2 is 1.57 bits per heavy atom. The highest BCUT2D eigenvalue weighted by atomic mass is 35.5. The predicted molar refractivity (Wildman–Crippen MR) is 176 cm³/mol. The number of carbonyl (C=O) groups is 2. The van der Waals surface area contributed by atoms with E-state index in [2.05, 4.69) is 10.3 Å². The van der Waals surface area contributed by atoms with Gasteiger partial charge in [-0.05, 0) is 65.8 Å². The number of hydrogen-bond acceptors (Lipinski definition) is 7. The van der Waals surface area contributed by atoms with Crippen molar-refractivity contribution >= 4 is 39.2 Å². The number of halogens is 6. The summed E-state index contributed by atoms with van der Waals surface area (Å²) >= 11 is 5.90. The Morgan fingerprint density at radius 1 is 0.941 bits per heavy atom. The van der Waals surface area contributed by atoms with Gasteiger partial charge in [0, 0.05) is 28.6 Å². The molecular formula is C35H31ClF5N3O6S. The molecule has 270 valence electrons. The molecule has 0 spiro atoms. The average molecular weight is 752 g/mol. The number of carbonyl (C=O) groups excluding carboxylic acids is 2. The lowest BCUT2D eigenvalue weighted by atomic mass is 9.83. The zero-order chi connectivity index (χ0) is 37.2. The van der Waals surface area contributed by atoms with Crippen LogP contribution in [-0.2, 0) is 31.5 Å². The highest BCUT2D eigenvalue weighted by Gasteiger charge is 2.39. The molecule has 3 aromatic carbocycles. The minimum absolute atomic E-state index is 0.174. The Labute approximate surface area is 295 Å². The van der Waals surface area contributed by atoms with Crippen LogP contribution in [-0.4, -0.2) is 49.8 Å². The van der Waals surface area contributed by atoms with Crippen LogP contribution in [0.1, 0.15) is 59.7 Å². The Morgan fingerprint density at radius 3 is 2.14 bits per heavy atom. The smallest absolute Gasteiger partial charge is 0.321 e. The topological polar surface area (TPSA) is 115 Å². The second kappa shape index (κ2) is 14.9. The summed E-state index contributed by atoms with van der Waals surface area (Å²) in [6, 6.07) is 14.0. The lowest BCUT2D eigenvalue weighted by Crippen LogP contribution is -2.38. The monoisotopic (exact) mass is 751 g/mol. The number of pyridine rings is 1. The Balaban J connectivity index is 1.38. The molecular weight excluding hydrogens is 721 g/mol. The van der Waals surface area contributed by atoms with Gasteiger partial charge in [-0.2, -0.15) is 4.31 Å². The molecule has 51 heavy (non-hydrogen) atoms. The lowest BCUT2D eigenvalue weighted by molar-refractivity contribution is -0.145. The van der Waals surface area contributed by atoms with Crippen molar-refractivity contribution < 1.29 is 49.4 Å². The highest BCUT2D eigenvalue weighted by Crippen LogP contribution is 2.42. The SMILES string of the molecule is COc1ccc(NC(=O)c2cc(C3CC3)cc(C(C)(C)COC(=O)CN(Cc3ccc(Cl)cc3)S(=O)(=O)c3c(F)c(F)c(F)c(F)c3F)c2)cn1. The molecule has 1 aliphatic carbocycles. The van der Waals surface area contributed by atoms with Gasteiger partial charge in [0.05, 0.1) is 19.0 Å². The first-order valence-corrected chi connectivity index (χ1v) is 17.2. The van der Waals surface area contributed by atoms with Crippen molar-refractivity contribution in [1.29, 1.82) is 0 Å². The Kier molecular flexibility index (Phi) is 11.0. The van der Waals surface area contributed by atoms with Crippen LogP contribution in [0.3, 0.4) is 0 Å². The van der Waals surface area contributed by atoms with E-state index >= 15 is 0 Å². The molecule has 1 amide bonds. The Bertz CT molecular complexity index is 2050. The van der Waals surface area contributed by atoms with E-state index < -0.39 is 74.4 Å². The molecule has 4 aromatic rings. The first-order valence-electron chi connectivity index (χ1n) is 15.4. The number of nitrogens with zero attached hydrogens (tertiary/aromatic N) is 2. The molecule has 1 fully saturated rings. The van der Waals surface area contributed by atoms with E-state index in [0.717, 1.165) is 18.4 Å². The number of esters is 1. The second-order valence-corrected chi connectivity index (χ2v) is 14.8. The van der Waals surface area contributed by atoms with E-state index in [1.807, 2.05) is 6.07 Å². The van der Waals surface area contributed by atoms with Crippen molar-refractivity contribution in [3.05, 3.63) is 117 Å². The molecule has 1 aliphatic rings. The van der Waals surface area contributed by atoms with Gasteiger partial charge in [0.1, 0.15) is 13.2 Å². The maximum Gasteiger partial charge on any atom is 0.321 e. The first kappa shape index (κ1) is 37.7. The number of benzene rings is 3. The van der Waals surface area contributed by atoms with E-state index in [1.54, 1.807) is 38.1 Å². The highest BCUT2D eigenvalue weighted by molar-refractivity contribution is 7.89. The third-order valence-corrected chi connectivity index (χ3v) is 10.3. The normalized spacial score (nSPS) is 13.3. The van der Waals surface area contributed by atoms with Crippen LogP contribution in [0.4, 0.5) is 27.6 Å². The fourth-order valence-electron chi connectivity index (χ4n) is 5.10. The molecule has 1 heterocycles. The number of methoxy groups -OCH3 is 1. The van der Waals surface area contributed by atoms with Crippen molar-refractivity contribution in [3.8, 4) is 5.88 Å². The third-order valence-electron chi connectivity index (χ3n) is 8.19. The van der Waals surface area contributed by atoms with E-state index in [9.17, 15) is 40.0 Å². The van der Waals surface area contributed by atoms with Gasteiger partial charge in [-0.1, -0.05) is 43.6 Å². The van der Waals surface area contributed by atoms with Crippen LogP contribution >= 0.6 is 11.6 Å². The number of rotatable bonds is 13. The molecule has 0 atom stereocenters. The van der Waals surface area contributed by atoms with Crippen LogP contribution in [0.15, 0.2) is 65.7 Å². The molecule has 16 heteroatoms. The maximum absolute atomic E-state index is 14.7. The van der Waals surface area contributed by atoms with Crippen molar-refractivity contribution in [3.63, 3.8) is 0 Å². The number of hydrogen-bond donors (Lipinski definition) is 1. The van der Waals surface area contributed by atoms with Crippen molar-refractivity contribution in [2.24, 2.45) is 0 Å². The molecule has 0 unspecified atom stereocenters. The second-order valence-electron chi connectivity index (χ2n) is 12.5. The lowest BCUT2D eigenvalue weighted by Gasteiger charge is -2.27. The van der Waals surface area contributed by atoms with Gasteiger partial charge in [0.15, 0.2) is 28.2 Å². The van der Waals surface area contributed by atoms with Gasteiger partial charge in [0.25, 0.3) is 5.91 Å². The minimum atomic E-state index is -5.54. The molecule has 1 N–H and O–H groups in total. The van der Waals surface area contributed by atoms with E-state index in [-0.39, 0.29) is 27.4 Å². The fraction of sp³-hybridized carbons (Fsp3) is 0.286. The number of amides is 1. The summed E-state index contributed by atoms with van der Waals surface area (Å²) in [7, 11) is -4.08. The molecule has 0 radical (unpaired) electrons. The largest absolute Gasteiger partial charge is 0.481 e. The molecule has 0 bridgehead atoms.